The van der Waals surface area contributed by atoms with Crippen LogP contribution in [0.2, 0.25) is 0 Å². The summed E-state index contributed by atoms with van der Waals surface area (Å²) in [5, 5.41) is 11.8. The van der Waals surface area contributed by atoms with Gasteiger partial charge < -0.3 is 10.4 Å². The number of para-hydroxylation sites is 1. The Morgan fingerprint density at radius 3 is 2.62 bits per heavy atom. The van der Waals surface area contributed by atoms with Gasteiger partial charge in [0.2, 0.25) is 15.0 Å². The van der Waals surface area contributed by atoms with Crippen LogP contribution in [0.25, 0.3) is 0 Å². The number of anilines is 1. The lowest BCUT2D eigenvalue weighted by Crippen LogP contribution is -2.09. The number of phenolic OH excluding ortho intramolecular Hbond substituents is 1. The van der Waals surface area contributed by atoms with Gasteiger partial charge in [-0.1, -0.05) is 12.1 Å². The lowest BCUT2D eigenvalue weighted by Gasteiger charge is -2.10. The molecule has 0 spiro atoms. The van der Waals surface area contributed by atoms with Gasteiger partial charge in [-0.15, -0.1) is 0 Å². The zero-order valence-electron chi connectivity index (χ0n) is 8.40. The topological polar surface area (TPSA) is 83.5 Å². The molecule has 1 rings (SSSR count). The molecule has 0 aliphatic heterocycles. The van der Waals surface area contributed by atoms with Crippen LogP contribution in [0, 0.1) is 0 Å². The van der Waals surface area contributed by atoms with Gasteiger partial charge in [0.1, 0.15) is 5.75 Å². The molecule has 7 heteroatoms. The van der Waals surface area contributed by atoms with Gasteiger partial charge in [-0.05, 0) is 11.6 Å². The van der Waals surface area contributed by atoms with Crippen LogP contribution in [0.15, 0.2) is 18.2 Å². The minimum Gasteiger partial charge on any atom is -0.506 e. The summed E-state index contributed by atoms with van der Waals surface area (Å²) in [4.78, 5) is 10.9. The van der Waals surface area contributed by atoms with Gasteiger partial charge in [0.25, 0.3) is 0 Å². The van der Waals surface area contributed by atoms with Crippen molar-refractivity contribution >= 4 is 31.3 Å². The average molecular weight is 264 g/mol. The molecule has 0 aliphatic carbocycles. The van der Waals surface area contributed by atoms with E-state index in [0.717, 1.165) is 0 Å². The van der Waals surface area contributed by atoms with Gasteiger partial charge in [-0.25, -0.2) is 8.42 Å². The molecule has 2 N–H and O–H groups in total. The molecule has 0 saturated carbocycles. The maximum Gasteiger partial charge on any atom is 0.236 e. The fourth-order valence-electron chi connectivity index (χ4n) is 1.21. The predicted molar refractivity (Wildman–Crippen MR) is 60.9 cm³/mol. The largest absolute Gasteiger partial charge is 0.506 e. The molecule has 0 saturated heterocycles. The Kier molecular flexibility index (Phi) is 3.77. The Labute approximate surface area is 97.5 Å². The summed E-state index contributed by atoms with van der Waals surface area (Å²) < 4.78 is 21.8. The number of halogens is 1. The smallest absolute Gasteiger partial charge is 0.236 e. The molecule has 5 nitrogen and oxygen atoms in total. The third-order valence-corrected chi connectivity index (χ3v) is 2.74. The van der Waals surface area contributed by atoms with Gasteiger partial charge in [-0.3, -0.25) is 4.79 Å². The van der Waals surface area contributed by atoms with E-state index >= 15 is 0 Å². The minimum atomic E-state index is -3.74. The monoisotopic (exact) mass is 263 g/mol. The van der Waals surface area contributed by atoms with Crippen molar-refractivity contribution in [2.45, 2.75) is 12.7 Å². The number of hydrogen-bond acceptors (Lipinski definition) is 4. The second kappa shape index (κ2) is 4.71. The van der Waals surface area contributed by atoms with Crippen LogP contribution < -0.4 is 5.32 Å². The number of rotatable bonds is 3. The molecule has 1 aromatic rings. The van der Waals surface area contributed by atoms with Crippen LogP contribution in [0.5, 0.6) is 5.75 Å². The van der Waals surface area contributed by atoms with E-state index in [1.165, 1.54) is 25.1 Å². The van der Waals surface area contributed by atoms with E-state index < -0.39 is 20.7 Å². The normalized spacial score (nSPS) is 11.1. The third kappa shape index (κ3) is 3.71. The van der Waals surface area contributed by atoms with Crippen molar-refractivity contribution in [3.63, 3.8) is 0 Å². The summed E-state index contributed by atoms with van der Waals surface area (Å²) in [7, 11) is 1.36. The summed E-state index contributed by atoms with van der Waals surface area (Å²) in [5.74, 6) is -1.07. The van der Waals surface area contributed by atoms with Crippen molar-refractivity contribution in [3.05, 3.63) is 23.8 Å². The Balaban J connectivity index is 3.17. The lowest BCUT2D eigenvalue weighted by atomic mass is 10.2. The van der Waals surface area contributed by atoms with Gasteiger partial charge >= 0.3 is 0 Å². The molecule has 0 atom stereocenters. The maximum absolute atomic E-state index is 10.9. The zero-order valence-corrected chi connectivity index (χ0v) is 9.97. The molecule has 0 radical (unpaired) electrons. The number of benzene rings is 1. The summed E-state index contributed by atoms with van der Waals surface area (Å²) in [6.45, 7) is 1.26. The second-order valence-electron chi connectivity index (χ2n) is 3.18. The molecule has 1 amide bonds. The van der Waals surface area contributed by atoms with Crippen LogP contribution in [0.4, 0.5) is 5.69 Å². The van der Waals surface area contributed by atoms with Crippen molar-refractivity contribution < 1.29 is 18.3 Å². The average Bonchev–Trinajstić information content (AvgIpc) is 2.08. The SMILES string of the molecule is CC(=O)Nc1c(O)cccc1CS(=O)(=O)Cl. The number of aromatic hydroxyl groups is 1. The standard InChI is InChI=1S/C9H10ClNO4S/c1-6(12)11-9-7(5-16(10,14)15)3-2-4-8(9)13/h2-4,13H,5H2,1H3,(H,11,12). The summed E-state index contributed by atoms with van der Waals surface area (Å²) in [6.07, 6.45) is 0. The van der Waals surface area contributed by atoms with Crippen molar-refractivity contribution in [1.82, 2.24) is 0 Å². The minimum absolute atomic E-state index is 0.0687. The van der Waals surface area contributed by atoms with Crippen LogP contribution in [-0.2, 0) is 19.6 Å². The van der Waals surface area contributed by atoms with Gasteiger partial charge in [0.05, 0.1) is 11.4 Å². The first kappa shape index (κ1) is 12.8. The molecular formula is C9H10ClNO4S. The van der Waals surface area contributed by atoms with Crippen LogP contribution >= 0.6 is 10.7 Å². The molecule has 0 fully saturated rings. The van der Waals surface area contributed by atoms with Crippen LogP contribution in [0.3, 0.4) is 0 Å². The molecule has 88 valence electrons. The van der Waals surface area contributed by atoms with E-state index in [4.69, 9.17) is 10.7 Å². The van der Waals surface area contributed by atoms with E-state index in [1.807, 2.05) is 0 Å². The highest BCUT2D eigenvalue weighted by Crippen LogP contribution is 2.29. The quantitative estimate of drug-likeness (QED) is 0.638. The summed E-state index contributed by atoms with van der Waals surface area (Å²) >= 11 is 0. The fourth-order valence-corrected chi connectivity index (χ4v) is 2.18. The number of nitrogens with one attached hydrogen (secondary N) is 1. The van der Waals surface area contributed by atoms with Crippen LogP contribution in [-0.4, -0.2) is 19.4 Å². The highest BCUT2D eigenvalue weighted by atomic mass is 35.7. The maximum atomic E-state index is 10.9. The summed E-state index contributed by atoms with van der Waals surface area (Å²) in [5.41, 5.74) is 0.310. The van der Waals surface area contributed by atoms with E-state index in [2.05, 4.69) is 5.32 Å². The zero-order chi connectivity index (χ0) is 12.3. The number of carbonyl (C=O) groups excluding carboxylic acids is 1. The predicted octanol–water partition coefficient (Wildman–Crippen LogP) is 1.42. The first-order chi connectivity index (χ1) is 7.29. The van der Waals surface area contributed by atoms with E-state index in [-0.39, 0.29) is 17.0 Å². The first-order valence-corrected chi connectivity index (χ1v) is 6.78. The fraction of sp³-hybridized carbons (Fsp3) is 0.222. The van der Waals surface area contributed by atoms with Crippen molar-refractivity contribution in [2.75, 3.05) is 5.32 Å². The van der Waals surface area contributed by atoms with E-state index in [1.54, 1.807) is 0 Å². The van der Waals surface area contributed by atoms with Gasteiger partial charge in [0.15, 0.2) is 0 Å². The molecule has 16 heavy (non-hydrogen) atoms. The highest BCUT2D eigenvalue weighted by molar-refractivity contribution is 8.13. The molecule has 0 unspecified atom stereocenters. The van der Waals surface area contributed by atoms with Gasteiger partial charge in [-0.2, -0.15) is 0 Å². The van der Waals surface area contributed by atoms with Crippen LogP contribution in [0.1, 0.15) is 12.5 Å². The Morgan fingerprint density at radius 1 is 1.50 bits per heavy atom. The third-order valence-electron chi connectivity index (χ3n) is 1.76. The molecule has 0 bridgehead atoms. The Morgan fingerprint density at radius 2 is 2.12 bits per heavy atom. The Bertz CT molecular complexity index is 512. The van der Waals surface area contributed by atoms with Gasteiger partial charge in [0, 0.05) is 17.6 Å². The number of phenols is 1. The highest BCUT2D eigenvalue weighted by Gasteiger charge is 2.14. The van der Waals surface area contributed by atoms with Crippen molar-refractivity contribution in [2.24, 2.45) is 0 Å². The number of hydrogen-bond donors (Lipinski definition) is 2. The van der Waals surface area contributed by atoms with Crippen molar-refractivity contribution in [3.8, 4) is 5.75 Å². The Hall–Kier alpha value is -1.27. The molecular weight excluding hydrogens is 254 g/mol. The first-order valence-electron chi connectivity index (χ1n) is 4.30. The second-order valence-corrected chi connectivity index (χ2v) is 5.95. The van der Waals surface area contributed by atoms with E-state index in [9.17, 15) is 18.3 Å². The van der Waals surface area contributed by atoms with E-state index in [0.29, 0.717) is 0 Å². The molecule has 0 aliphatic rings. The molecule has 0 aromatic heterocycles. The molecule has 1 aromatic carbocycles. The van der Waals surface area contributed by atoms with Crippen molar-refractivity contribution in [1.29, 1.82) is 0 Å². The number of carbonyl (C=O) groups is 1. The lowest BCUT2D eigenvalue weighted by molar-refractivity contribution is -0.114. The summed E-state index contributed by atoms with van der Waals surface area (Å²) in [6, 6.07) is 4.28. The number of amides is 1. The molecule has 0 heterocycles.